The molecule has 1 heterocycles. The van der Waals surface area contributed by atoms with Gasteiger partial charge in [-0.1, -0.05) is 0 Å². The van der Waals surface area contributed by atoms with Gasteiger partial charge in [-0.25, -0.2) is 4.79 Å². The van der Waals surface area contributed by atoms with Crippen LogP contribution in [-0.2, 0) is 9.59 Å². The van der Waals surface area contributed by atoms with Crippen molar-refractivity contribution < 1.29 is 19.5 Å². The lowest BCUT2D eigenvalue weighted by Crippen LogP contribution is -2.51. The minimum atomic E-state index is -0.939. The first-order chi connectivity index (χ1) is 7.63. The van der Waals surface area contributed by atoms with Gasteiger partial charge in [0.2, 0.25) is 6.41 Å². The molecular weight excluding hydrogens is 214 g/mol. The van der Waals surface area contributed by atoms with E-state index in [-0.39, 0.29) is 19.0 Å². The number of amides is 3. The highest BCUT2D eigenvalue weighted by atomic mass is 16.4. The number of carbonyl (C=O) groups is 3. The van der Waals surface area contributed by atoms with E-state index < -0.39 is 5.97 Å². The molecule has 16 heavy (non-hydrogen) atoms. The Kier molecular flexibility index (Phi) is 4.56. The number of carboxylic acids is 1. The Morgan fingerprint density at radius 3 is 2.38 bits per heavy atom. The van der Waals surface area contributed by atoms with E-state index in [2.05, 4.69) is 5.32 Å². The van der Waals surface area contributed by atoms with Gasteiger partial charge in [-0.3, -0.25) is 9.59 Å². The van der Waals surface area contributed by atoms with Gasteiger partial charge in [0.25, 0.3) is 0 Å². The highest BCUT2D eigenvalue weighted by Crippen LogP contribution is 1.99. The van der Waals surface area contributed by atoms with Crippen molar-refractivity contribution in [1.82, 2.24) is 15.1 Å². The molecule has 2 N–H and O–H groups in total. The third-order valence-corrected chi connectivity index (χ3v) is 2.37. The molecule has 1 saturated heterocycles. The van der Waals surface area contributed by atoms with Crippen LogP contribution >= 0.6 is 0 Å². The molecule has 90 valence electrons. The van der Waals surface area contributed by atoms with Crippen LogP contribution in [0.2, 0.25) is 0 Å². The van der Waals surface area contributed by atoms with Crippen LogP contribution in [0, 0.1) is 0 Å². The molecular formula is C9H15N3O4. The zero-order valence-electron chi connectivity index (χ0n) is 8.89. The summed E-state index contributed by atoms with van der Waals surface area (Å²) >= 11 is 0. The number of aliphatic carboxylic acids is 1. The summed E-state index contributed by atoms with van der Waals surface area (Å²) in [7, 11) is 0. The van der Waals surface area contributed by atoms with Crippen molar-refractivity contribution in [2.45, 2.75) is 6.42 Å². The summed E-state index contributed by atoms with van der Waals surface area (Å²) in [5.41, 5.74) is 0. The van der Waals surface area contributed by atoms with Crippen molar-refractivity contribution in [3.8, 4) is 0 Å². The van der Waals surface area contributed by atoms with Crippen molar-refractivity contribution in [1.29, 1.82) is 0 Å². The molecule has 0 spiro atoms. The predicted molar refractivity (Wildman–Crippen MR) is 54.9 cm³/mol. The van der Waals surface area contributed by atoms with E-state index in [1.165, 1.54) is 0 Å². The summed E-state index contributed by atoms with van der Waals surface area (Å²) in [6.45, 7) is 2.14. The Bertz CT molecular complexity index is 274. The first kappa shape index (κ1) is 12.3. The zero-order valence-corrected chi connectivity index (χ0v) is 8.89. The van der Waals surface area contributed by atoms with Gasteiger partial charge in [-0.2, -0.15) is 0 Å². The summed E-state index contributed by atoms with van der Waals surface area (Å²) in [5, 5.41) is 10.9. The van der Waals surface area contributed by atoms with Crippen LogP contribution in [0.5, 0.6) is 0 Å². The van der Waals surface area contributed by atoms with E-state index in [0.717, 1.165) is 6.41 Å². The Morgan fingerprint density at radius 2 is 1.88 bits per heavy atom. The summed E-state index contributed by atoms with van der Waals surface area (Å²) in [6, 6.07) is -0.271. The summed E-state index contributed by atoms with van der Waals surface area (Å²) in [6.07, 6.45) is 0.680. The molecule has 0 aliphatic carbocycles. The number of rotatable bonds is 4. The van der Waals surface area contributed by atoms with Crippen LogP contribution in [0.4, 0.5) is 4.79 Å². The van der Waals surface area contributed by atoms with E-state index >= 15 is 0 Å². The predicted octanol–water partition coefficient (Wildman–Crippen LogP) is -1.06. The maximum atomic E-state index is 11.5. The monoisotopic (exact) mass is 229 g/mol. The van der Waals surface area contributed by atoms with E-state index in [1.807, 2.05) is 0 Å². The van der Waals surface area contributed by atoms with Crippen LogP contribution in [-0.4, -0.2) is 66.0 Å². The number of hydrogen-bond acceptors (Lipinski definition) is 3. The molecule has 1 rings (SSSR count). The quantitative estimate of drug-likeness (QED) is 0.601. The molecule has 0 radical (unpaired) electrons. The van der Waals surface area contributed by atoms with E-state index in [1.54, 1.807) is 9.80 Å². The normalized spacial score (nSPS) is 15.8. The zero-order chi connectivity index (χ0) is 12.0. The number of urea groups is 1. The van der Waals surface area contributed by atoms with Crippen molar-refractivity contribution in [2.75, 3.05) is 32.7 Å². The highest BCUT2D eigenvalue weighted by Gasteiger charge is 2.19. The Morgan fingerprint density at radius 1 is 1.25 bits per heavy atom. The summed E-state index contributed by atoms with van der Waals surface area (Å²) in [4.78, 5) is 35.3. The lowest BCUT2D eigenvalue weighted by atomic mass is 10.3. The Hall–Kier alpha value is -1.79. The lowest BCUT2D eigenvalue weighted by molar-refractivity contribution is -0.136. The van der Waals surface area contributed by atoms with Crippen LogP contribution in [0.25, 0.3) is 0 Å². The molecule has 0 aromatic carbocycles. The minimum Gasteiger partial charge on any atom is -0.481 e. The van der Waals surface area contributed by atoms with Gasteiger partial charge in [0, 0.05) is 32.7 Å². The summed E-state index contributed by atoms with van der Waals surface area (Å²) < 4.78 is 0. The van der Waals surface area contributed by atoms with Crippen molar-refractivity contribution >= 4 is 18.4 Å². The Balaban J connectivity index is 2.22. The fraction of sp³-hybridized carbons (Fsp3) is 0.667. The van der Waals surface area contributed by atoms with Crippen LogP contribution in [0.1, 0.15) is 6.42 Å². The van der Waals surface area contributed by atoms with Gasteiger partial charge in [-0.05, 0) is 0 Å². The van der Waals surface area contributed by atoms with Crippen molar-refractivity contribution in [3.05, 3.63) is 0 Å². The second-order valence-electron chi connectivity index (χ2n) is 3.50. The topological polar surface area (TPSA) is 90.0 Å². The largest absolute Gasteiger partial charge is 0.481 e. The second kappa shape index (κ2) is 5.94. The van der Waals surface area contributed by atoms with Crippen molar-refractivity contribution in [2.24, 2.45) is 0 Å². The van der Waals surface area contributed by atoms with Gasteiger partial charge in [0.1, 0.15) is 0 Å². The molecule has 3 amide bonds. The van der Waals surface area contributed by atoms with E-state index in [4.69, 9.17) is 5.11 Å². The second-order valence-corrected chi connectivity index (χ2v) is 3.50. The van der Waals surface area contributed by atoms with Gasteiger partial charge < -0.3 is 20.2 Å². The smallest absolute Gasteiger partial charge is 0.317 e. The van der Waals surface area contributed by atoms with Crippen molar-refractivity contribution in [3.63, 3.8) is 0 Å². The van der Waals surface area contributed by atoms with Gasteiger partial charge in [0.15, 0.2) is 0 Å². The molecule has 0 atom stereocenters. The third kappa shape index (κ3) is 3.76. The number of nitrogens with one attached hydrogen (secondary N) is 1. The van der Waals surface area contributed by atoms with Crippen LogP contribution in [0.3, 0.4) is 0 Å². The van der Waals surface area contributed by atoms with Gasteiger partial charge in [0.05, 0.1) is 6.42 Å². The third-order valence-electron chi connectivity index (χ3n) is 2.37. The molecule has 0 bridgehead atoms. The van der Waals surface area contributed by atoms with E-state index in [9.17, 15) is 14.4 Å². The van der Waals surface area contributed by atoms with E-state index in [0.29, 0.717) is 26.2 Å². The minimum absolute atomic E-state index is 0.0833. The number of hydrogen-bond donors (Lipinski definition) is 2. The molecule has 1 aliphatic rings. The maximum absolute atomic E-state index is 11.5. The van der Waals surface area contributed by atoms with Crippen LogP contribution in [0.15, 0.2) is 0 Å². The molecule has 7 nitrogen and oxygen atoms in total. The molecule has 0 saturated carbocycles. The molecule has 7 heteroatoms. The maximum Gasteiger partial charge on any atom is 0.317 e. The Labute approximate surface area is 93.0 Å². The number of carboxylic acid groups (broad SMARTS) is 1. The lowest BCUT2D eigenvalue weighted by Gasteiger charge is -2.32. The van der Waals surface area contributed by atoms with Gasteiger partial charge in [-0.15, -0.1) is 0 Å². The molecule has 0 aromatic heterocycles. The average Bonchev–Trinajstić information content (AvgIpc) is 2.28. The first-order valence-corrected chi connectivity index (χ1v) is 5.07. The molecule has 1 aliphatic heterocycles. The number of carbonyl (C=O) groups excluding carboxylic acids is 2. The SMILES string of the molecule is O=CN1CCN(C(=O)NCCC(=O)O)CC1. The van der Waals surface area contributed by atoms with Crippen LogP contribution < -0.4 is 5.32 Å². The molecule has 0 aromatic rings. The highest BCUT2D eigenvalue weighted by molar-refractivity contribution is 5.75. The fourth-order valence-electron chi connectivity index (χ4n) is 1.42. The standard InChI is InChI=1S/C9H15N3O4/c13-7-11-3-5-12(6-4-11)9(16)10-2-1-8(14)15/h7H,1-6H2,(H,10,16)(H,14,15). The number of piperazine rings is 1. The fourth-order valence-corrected chi connectivity index (χ4v) is 1.42. The molecule has 1 fully saturated rings. The first-order valence-electron chi connectivity index (χ1n) is 5.07. The van der Waals surface area contributed by atoms with Gasteiger partial charge >= 0.3 is 12.0 Å². The average molecular weight is 229 g/mol. The number of nitrogens with zero attached hydrogens (tertiary/aromatic N) is 2. The summed E-state index contributed by atoms with van der Waals surface area (Å²) in [5.74, 6) is -0.939. The molecule has 0 unspecified atom stereocenters.